The molecule has 27 heavy (non-hydrogen) atoms. The lowest BCUT2D eigenvalue weighted by Crippen LogP contribution is -2.17. The maximum Gasteiger partial charge on any atom is 0.256 e. The van der Waals surface area contributed by atoms with Gasteiger partial charge in [-0.25, -0.2) is 4.68 Å². The smallest absolute Gasteiger partial charge is 0.256 e. The summed E-state index contributed by atoms with van der Waals surface area (Å²) in [6.07, 6.45) is 0. The highest BCUT2D eigenvalue weighted by Crippen LogP contribution is 2.33. The molecule has 1 aromatic heterocycles. The molecule has 0 saturated heterocycles. The van der Waals surface area contributed by atoms with Crippen LogP contribution in [0.5, 0.6) is 0 Å². The standard InChI is InChI=1S/C20H18ClN3O2S/c1-12-5-3-8-18(13(12)2)24-19(16-10-27(26)11-17(16)23-24)22-20(25)14-6-4-7-15(21)9-14/h3-9H,10-11H2,1-2H3,(H,22,25)/t27-/m0/s1. The summed E-state index contributed by atoms with van der Waals surface area (Å²) in [5.74, 6) is 1.11. The van der Waals surface area contributed by atoms with Gasteiger partial charge in [0.05, 0.1) is 22.9 Å². The maximum absolute atomic E-state index is 12.8. The Balaban J connectivity index is 1.80. The van der Waals surface area contributed by atoms with Crippen molar-refractivity contribution < 1.29 is 9.00 Å². The van der Waals surface area contributed by atoms with E-state index in [2.05, 4.69) is 10.4 Å². The molecule has 0 aliphatic carbocycles. The molecule has 5 nitrogen and oxygen atoms in total. The third kappa shape index (κ3) is 3.31. The molecule has 1 atom stereocenters. The quantitative estimate of drug-likeness (QED) is 0.719. The Hall–Kier alpha value is -2.44. The van der Waals surface area contributed by atoms with Crippen molar-refractivity contribution in [2.24, 2.45) is 0 Å². The number of nitrogens with one attached hydrogen (secondary N) is 1. The summed E-state index contributed by atoms with van der Waals surface area (Å²) >= 11 is 6.01. The molecule has 7 heteroatoms. The summed E-state index contributed by atoms with van der Waals surface area (Å²) in [5.41, 5.74) is 5.19. The van der Waals surface area contributed by atoms with Crippen LogP contribution in [0.4, 0.5) is 5.82 Å². The van der Waals surface area contributed by atoms with Gasteiger partial charge >= 0.3 is 0 Å². The summed E-state index contributed by atoms with van der Waals surface area (Å²) in [5, 5.41) is 8.13. The minimum atomic E-state index is -0.984. The lowest BCUT2D eigenvalue weighted by molar-refractivity contribution is 0.102. The van der Waals surface area contributed by atoms with E-state index in [0.717, 1.165) is 28.1 Å². The Bertz CT molecular complexity index is 1090. The minimum absolute atomic E-state index is 0.274. The van der Waals surface area contributed by atoms with Gasteiger partial charge in [0, 0.05) is 26.9 Å². The van der Waals surface area contributed by atoms with Crippen molar-refractivity contribution in [3.05, 3.63) is 75.4 Å². The number of rotatable bonds is 3. The predicted molar refractivity (Wildman–Crippen MR) is 108 cm³/mol. The fourth-order valence-corrected chi connectivity index (χ4v) is 4.66. The first-order valence-electron chi connectivity index (χ1n) is 8.53. The fourth-order valence-electron chi connectivity index (χ4n) is 3.20. The second kappa shape index (κ2) is 6.94. The number of carbonyl (C=O) groups excluding carboxylic acids is 1. The van der Waals surface area contributed by atoms with Crippen LogP contribution in [0.15, 0.2) is 42.5 Å². The van der Waals surface area contributed by atoms with Gasteiger partial charge in [-0.05, 0) is 49.2 Å². The van der Waals surface area contributed by atoms with Gasteiger partial charge < -0.3 is 5.32 Å². The zero-order chi connectivity index (χ0) is 19.1. The van der Waals surface area contributed by atoms with E-state index in [1.165, 1.54) is 0 Å². The van der Waals surface area contributed by atoms with Crippen molar-refractivity contribution in [2.75, 3.05) is 5.32 Å². The first kappa shape index (κ1) is 17.9. The van der Waals surface area contributed by atoms with Crippen molar-refractivity contribution in [1.29, 1.82) is 0 Å². The van der Waals surface area contributed by atoms with E-state index in [1.807, 2.05) is 32.0 Å². The highest BCUT2D eigenvalue weighted by molar-refractivity contribution is 7.83. The SMILES string of the molecule is Cc1cccc(-n2nc3c(c2NC(=O)c2cccc(Cl)c2)C[S@](=O)C3)c1C. The minimum Gasteiger partial charge on any atom is -0.306 e. The van der Waals surface area contributed by atoms with Gasteiger partial charge in [0.2, 0.25) is 0 Å². The highest BCUT2D eigenvalue weighted by atomic mass is 35.5. The Morgan fingerprint density at radius 3 is 2.74 bits per heavy atom. The van der Waals surface area contributed by atoms with Gasteiger partial charge in [-0.1, -0.05) is 29.8 Å². The number of hydrogen-bond acceptors (Lipinski definition) is 3. The van der Waals surface area contributed by atoms with Crippen molar-refractivity contribution in [1.82, 2.24) is 9.78 Å². The number of nitrogens with zero attached hydrogens (tertiary/aromatic N) is 2. The molecule has 1 aliphatic heterocycles. The monoisotopic (exact) mass is 399 g/mol. The highest BCUT2D eigenvalue weighted by Gasteiger charge is 2.29. The van der Waals surface area contributed by atoms with Crippen LogP contribution >= 0.6 is 11.6 Å². The number of amides is 1. The van der Waals surface area contributed by atoms with Gasteiger partial charge in [-0.2, -0.15) is 5.10 Å². The third-order valence-electron chi connectivity index (χ3n) is 4.79. The Morgan fingerprint density at radius 1 is 1.19 bits per heavy atom. The van der Waals surface area contributed by atoms with Gasteiger partial charge in [-0.3, -0.25) is 9.00 Å². The molecular formula is C20H18ClN3O2S. The molecule has 0 bridgehead atoms. The number of halogens is 1. The van der Waals surface area contributed by atoms with Crippen LogP contribution in [0.3, 0.4) is 0 Å². The number of carbonyl (C=O) groups is 1. The van der Waals surface area contributed by atoms with Gasteiger partial charge in [-0.15, -0.1) is 0 Å². The van der Waals surface area contributed by atoms with Crippen LogP contribution in [-0.2, 0) is 22.3 Å². The van der Waals surface area contributed by atoms with E-state index >= 15 is 0 Å². The predicted octanol–water partition coefficient (Wildman–Crippen LogP) is 4.16. The number of benzene rings is 2. The van der Waals surface area contributed by atoms with E-state index in [4.69, 9.17) is 11.6 Å². The van der Waals surface area contributed by atoms with E-state index in [-0.39, 0.29) is 5.91 Å². The average molecular weight is 400 g/mol. The molecular weight excluding hydrogens is 382 g/mol. The van der Waals surface area contributed by atoms with Gasteiger partial charge in [0.1, 0.15) is 5.82 Å². The van der Waals surface area contributed by atoms with Crippen LogP contribution in [0, 0.1) is 13.8 Å². The van der Waals surface area contributed by atoms with Crippen molar-refractivity contribution in [2.45, 2.75) is 25.4 Å². The van der Waals surface area contributed by atoms with Crippen LogP contribution in [-0.4, -0.2) is 19.9 Å². The van der Waals surface area contributed by atoms with Crippen molar-refractivity contribution in [3.8, 4) is 5.69 Å². The molecule has 2 heterocycles. The molecule has 1 N–H and O–H groups in total. The second-order valence-electron chi connectivity index (χ2n) is 6.60. The molecule has 1 amide bonds. The summed E-state index contributed by atoms with van der Waals surface area (Å²) in [6.45, 7) is 4.06. The number of anilines is 1. The zero-order valence-electron chi connectivity index (χ0n) is 15.0. The van der Waals surface area contributed by atoms with Crippen LogP contribution in [0.2, 0.25) is 5.02 Å². The molecule has 0 spiro atoms. The Morgan fingerprint density at radius 2 is 1.96 bits per heavy atom. The van der Waals surface area contributed by atoms with E-state index in [0.29, 0.717) is 27.9 Å². The Labute approximate surface area is 164 Å². The first-order chi connectivity index (χ1) is 12.9. The van der Waals surface area contributed by atoms with Crippen molar-refractivity contribution in [3.63, 3.8) is 0 Å². The van der Waals surface area contributed by atoms with Crippen molar-refractivity contribution >= 4 is 34.1 Å². The summed E-state index contributed by atoms with van der Waals surface area (Å²) < 4.78 is 13.8. The number of hydrogen-bond donors (Lipinski definition) is 1. The lowest BCUT2D eigenvalue weighted by Gasteiger charge is -2.14. The number of fused-ring (bicyclic) bond motifs is 1. The molecule has 2 aromatic carbocycles. The fraction of sp³-hybridized carbons (Fsp3) is 0.200. The normalized spacial score (nSPS) is 15.6. The largest absolute Gasteiger partial charge is 0.306 e. The summed E-state index contributed by atoms with van der Waals surface area (Å²) in [6, 6.07) is 12.8. The van der Waals surface area contributed by atoms with Gasteiger partial charge in [0.15, 0.2) is 0 Å². The second-order valence-corrected chi connectivity index (χ2v) is 8.49. The molecule has 0 radical (unpaired) electrons. The summed E-state index contributed by atoms with van der Waals surface area (Å²) in [4.78, 5) is 12.8. The first-order valence-corrected chi connectivity index (χ1v) is 10.4. The lowest BCUT2D eigenvalue weighted by atomic mass is 10.1. The molecule has 0 saturated carbocycles. The van der Waals surface area contributed by atoms with E-state index < -0.39 is 10.8 Å². The molecule has 3 aromatic rings. The molecule has 138 valence electrons. The van der Waals surface area contributed by atoms with E-state index in [1.54, 1.807) is 28.9 Å². The number of aryl methyl sites for hydroxylation is 1. The Kier molecular flexibility index (Phi) is 4.61. The third-order valence-corrected chi connectivity index (χ3v) is 6.23. The molecule has 1 aliphatic rings. The van der Waals surface area contributed by atoms with Crippen LogP contribution in [0.25, 0.3) is 5.69 Å². The van der Waals surface area contributed by atoms with E-state index in [9.17, 15) is 9.00 Å². The molecule has 0 fully saturated rings. The molecule has 4 rings (SSSR count). The molecule has 0 unspecified atom stereocenters. The van der Waals surface area contributed by atoms with Crippen LogP contribution < -0.4 is 5.32 Å². The zero-order valence-corrected chi connectivity index (χ0v) is 16.5. The van der Waals surface area contributed by atoms with Gasteiger partial charge in [0.25, 0.3) is 5.91 Å². The van der Waals surface area contributed by atoms with Crippen LogP contribution in [0.1, 0.15) is 32.7 Å². The topological polar surface area (TPSA) is 64.0 Å². The maximum atomic E-state index is 12.8. The average Bonchev–Trinajstić information content (AvgIpc) is 3.14. The number of aromatic nitrogens is 2. The summed E-state index contributed by atoms with van der Waals surface area (Å²) in [7, 11) is -0.984.